The van der Waals surface area contributed by atoms with Crippen molar-refractivity contribution in [2.24, 2.45) is 17.8 Å². The van der Waals surface area contributed by atoms with Crippen molar-refractivity contribution in [3.63, 3.8) is 0 Å². The summed E-state index contributed by atoms with van der Waals surface area (Å²) in [4.78, 5) is 7.07. The molecule has 372 valence electrons. The van der Waals surface area contributed by atoms with E-state index in [4.69, 9.17) is 0 Å². The van der Waals surface area contributed by atoms with Gasteiger partial charge in [0.1, 0.15) is 0 Å². The summed E-state index contributed by atoms with van der Waals surface area (Å²) in [5.41, 5.74) is 30.3. The molecular formula is C68H81BN2S. The van der Waals surface area contributed by atoms with Gasteiger partial charge in [-0.15, -0.1) is 11.3 Å². The van der Waals surface area contributed by atoms with Crippen molar-refractivity contribution in [3.05, 3.63) is 139 Å². The lowest BCUT2D eigenvalue weighted by molar-refractivity contribution is 0.283. The maximum Gasteiger partial charge on any atom is 0.253 e. The molecule has 0 N–H and O–H groups in total. The highest BCUT2D eigenvalue weighted by molar-refractivity contribution is 7.21. The number of allylic oxidation sites excluding steroid dienone is 1. The van der Waals surface area contributed by atoms with Crippen LogP contribution in [0.2, 0.25) is 0 Å². The zero-order valence-electron chi connectivity index (χ0n) is 47.1. The number of benzene rings is 5. The lowest BCUT2D eigenvalue weighted by atomic mass is 9.32. The Labute approximate surface area is 438 Å². The van der Waals surface area contributed by atoms with E-state index in [-0.39, 0.29) is 33.8 Å². The molecule has 1 fully saturated rings. The number of hydrogen-bond donors (Lipinski definition) is 0. The third-order valence-electron chi connectivity index (χ3n) is 19.8. The van der Waals surface area contributed by atoms with Gasteiger partial charge >= 0.3 is 0 Å². The smallest absolute Gasteiger partial charge is 0.253 e. The Bertz CT molecular complexity index is 3300. The van der Waals surface area contributed by atoms with Crippen LogP contribution in [0.5, 0.6) is 0 Å². The molecule has 3 atom stereocenters. The topological polar surface area (TPSA) is 6.48 Å². The Morgan fingerprint density at radius 1 is 0.583 bits per heavy atom. The monoisotopic (exact) mass is 969 g/mol. The Morgan fingerprint density at radius 3 is 1.81 bits per heavy atom. The van der Waals surface area contributed by atoms with Crippen molar-refractivity contribution in [2.45, 2.75) is 190 Å². The van der Waals surface area contributed by atoms with Crippen molar-refractivity contribution in [2.75, 3.05) is 9.80 Å². The van der Waals surface area contributed by atoms with E-state index in [2.05, 4.69) is 218 Å². The van der Waals surface area contributed by atoms with Crippen molar-refractivity contribution >= 4 is 74.0 Å². The van der Waals surface area contributed by atoms with Crippen LogP contribution in [0.3, 0.4) is 0 Å². The third kappa shape index (κ3) is 7.13. The van der Waals surface area contributed by atoms with Gasteiger partial charge in [0.15, 0.2) is 0 Å². The van der Waals surface area contributed by atoms with Gasteiger partial charge in [-0.25, -0.2) is 0 Å². The van der Waals surface area contributed by atoms with E-state index in [1.807, 2.05) is 0 Å². The van der Waals surface area contributed by atoms with Crippen LogP contribution in [-0.2, 0) is 33.5 Å². The molecule has 0 bridgehead atoms. The largest absolute Gasteiger partial charge is 0.311 e. The third-order valence-corrected chi connectivity index (χ3v) is 21.0. The molecule has 2 unspecified atom stereocenters. The van der Waals surface area contributed by atoms with Gasteiger partial charge in [-0.05, 0) is 238 Å². The molecule has 5 aromatic carbocycles. The summed E-state index contributed by atoms with van der Waals surface area (Å²) >= 11 is 2.10. The Kier molecular flexibility index (Phi) is 10.6. The number of hydrogen-bond acceptors (Lipinski definition) is 3. The zero-order valence-corrected chi connectivity index (χ0v) is 47.9. The van der Waals surface area contributed by atoms with E-state index in [1.165, 1.54) is 143 Å². The molecule has 3 heterocycles. The number of rotatable bonds is 3. The van der Waals surface area contributed by atoms with Crippen molar-refractivity contribution < 1.29 is 0 Å². The summed E-state index contributed by atoms with van der Waals surface area (Å²) < 4.78 is 0. The number of fused-ring (bicyclic) bond motifs is 9. The summed E-state index contributed by atoms with van der Waals surface area (Å²) in [6, 6.07) is 30.6. The van der Waals surface area contributed by atoms with Gasteiger partial charge < -0.3 is 9.80 Å². The maximum absolute atomic E-state index is 2.80. The van der Waals surface area contributed by atoms with Gasteiger partial charge in [0.05, 0.1) is 5.00 Å². The van der Waals surface area contributed by atoms with E-state index < -0.39 is 0 Å². The molecule has 4 aliphatic carbocycles. The number of thiophene rings is 1. The molecule has 2 aliphatic heterocycles. The van der Waals surface area contributed by atoms with E-state index in [0.717, 1.165) is 6.42 Å². The second-order valence-electron chi connectivity index (χ2n) is 27.9. The first kappa shape index (κ1) is 48.2. The van der Waals surface area contributed by atoms with Crippen molar-refractivity contribution in [3.8, 4) is 11.1 Å². The first-order chi connectivity index (χ1) is 33.8. The molecule has 72 heavy (non-hydrogen) atoms. The van der Waals surface area contributed by atoms with E-state index in [9.17, 15) is 0 Å². The SMILES string of the molecule is Cc1cc(C)c(-c2cc3c4c(c2)N(c2ccc5c(c2)C(C)(C)CCC5(C)C)c2sc5c(c2B4c2cc4c(cc2N3c2ccc(C(C)(C)C)cc2C)C(C)(C)CCC4(C)C)CC2C(=C5)C(C)CC[C@H]2C)c(C)c1. The lowest BCUT2D eigenvalue weighted by Gasteiger charge is -2.48. The van der Waals surface area contributed by atoms with E-state index in [0.29, 0.717) is 17.8 Å². The second kappa shape index (κ2) is 15.9. The van der Waals surface area contributed by atoms with Gasteiger partial charge in [0.2, 0.25) is 0 Å². The predicted octanol–water partition coefficient (Wildman–Crippen LogP) is 17.3. The summed E-state index contributed by atoms with van der Waals surface area (Å²) in [5.74, 6) is 1.89. The Morgan fingerprint density at radius 2 is 1.18 bits per heavy atom. The van der Waals surface area contributed by atoms with Crippen LogP contribution in [0.4, 0.5) is 33.4 Å². The molecule has 6 aromatic rings. The number of anilines is 6. The highest BCUT2D eigenvalue weighted by atomic mass is 32.1. The summed E-state index contributed by atoms with van der Waals surface area (Å²) in [7, 11) is 0. The zero-order chi connectivity index (χ0) is 51.1. The lowest BCUT2D eigenvalue weighted by Crippen LogP contribution is -2.62. The molecule has 1 aromatic heterocycles. The minimum Gasteiger partial charge on any atom is -0.311 e. The van der Waals surface area contributed by atoms with Crippen LogP contribution in [-0.4, -0.2) is 6.71 Å². The first-order valence-corrected chi connectivity index (χ1v) is 28.8. The molecule has 1 saturated carbocycles. The molecule has 2 nitrogen and oxygen atoms in total. The van der Waals surface area contributed by atoms with Gasteiger partial charge in [-0.1, -0.05) is 138 Å². The van der Waals surface area contributed by atoms with Gasteiger partial charge in [0.25, 0.3) is 6.71 Å². The Hall–Kier alpha value is -4.80. The highest BCUT2D eigenvalue weighted by Crippen LogP contribution is 2.56. The fourth-order valence-corrected chi connectivity index (χ4v) is 16.6. The summed E-state index contributed by atoms with van der Waals surface area (Å²) in [5, 5.41) is 1.43. The fraction of sp³-hybridized carbons (Fsp3) is 0.471. The van der Waals surface area contributed by atoms with Crippen LogP contribution in [0.15, 0.2) is 78.4 Å². The summed E-state index contributed by atoms with van der Waals surface area (Å²) in [6.45, 7) is 41.6. The second-order valence-corrected chi connectivity index (χ2v) is 28.9. The van der Waals surface area contributed by atoms with Crippen LogP contribution < -0.4 is 26.2 Å². The number of nitrogens with zero attached hydrogens (tertiary/aromatic N) is 2. The molecule has 4 heteroatoms. The van der Waals surface area contributed by atoms with Crippen LogP contribution in [0.25, 0.3) is 17.2 Å². The van der Waals surface area contributed by atoms with E-state index >= 15 is 0 Å². The predicted molar refractivity (Wildman–Crippen MR) is 315 cm³/mol. The van der Waals surface area contributed by atoms with Gasteiger partial charge in [-0.3, -0.25) is 0 Å². The minimum absolute atomic E-state index is 0.0397. The van der Waals surface area contributed by atoms with Gasteiger partial charge in [0, 0.05) is 33.3 Å². The fourth-order valence-electron chi connectivity index (χ4n) is 15.2. The Balaban J connectivity index is 1.25. The summed E-state index contributed by atoms with van der Waals surface area (Å²) in [6.07, 6.45) is 11.2. The minimum atomic E-state index is 0.0397. The standard InChI is InChI=1S/C68H81BN2S/c1-38-28-42(5)60(43(6)29-38)44-31-57-62-58(32-44)71(55-23-20-45(30-41(55)4)64(7,8)9)56-37-53-52(67(14,15)26-27-68(53,16)17)36-54(56)69(62)61-49-34-47-39(2)18-19-40(3)48(47)35-59(49)72-63(61)70(57)46-21-22-50-51(33-46)66(12,13)25-24-65(50,10)11/h20-23,28-33,35-37,39-40,47H,18-19,24-27,34H2,1-17H3/t39-,40?,47?/m1/s1. The van der Waals surface area contributed by atoms with Crippen LogP contribution in [0.1, 0.15) is 189 Å². The molecule has 0 saturated heterocycles. The molecule has 0 spiro atoms. The van der Waals surface area contributed by atoms with E-state index in [1.54, 1.807) is 22.2 Å². The van der Waals surface area contributed by atoms with Crippen LogP contribution >= 0.6 is 11.3 Å². The normalized spacial score (nSPS) is 22.7. The first-order valence-electron chi connectivity index (χ1n) is 27.9. The average molecular weight is 969 g/mol. The molecule has 6 aliphatic rings. The molecular weight excluding hydrogens is 888 g/mol. The maximum atomic E-state index is 2.80. The van der Waals surface area contributed by atoms with Crippen molar-refractivity contribution in [1.29, 1.82) is 0 Å². The average Bonchev–Trinajstić information content (AvgIpc) is 3.67. The van der Waals surface area contributed by atoms with Crippen LogP contribution in [0, 0.1) is 45.4 Å². The molecule has 0 amide bonds. The molecule has 12 rings (SSSR count). The highest BCUT2D eigenvalue weighted by Gasteiger charge is 2.50. The molecule has 0 radical (unpaired) electrons. The quantitative estimate of drug-likeness (QED) is 0.163. The van der Waals surface area contributed by atoms with Crippen molar-refractivity contribution in [1.82, 2.24) is 0 Å². The number of aryl methyl sites for hydroxylation is 4. The van der Waals surface area contributed by atoms with Gasteiger partial charge in [-0.2, -0.15) is 0 Å².